The second-order valence-corrected chi connectivity index (χ2v) is 14.0. The highest BCUT2D eigenvalue weighted by atomic mass is 16.3. The van der Waals surface area contributed by atoms with Crippen molar-refractivity contribution >= 4 is 43.7 Å². The Labute approximate surface area is 322 Å². The molecule has 5 heteroatoms. The number of hydrogen-bond acceptors (Lipinski definition) is 4. The minimum absolute atomic E-state index is 0.581. The van der Waals surface area contributed by atoms with Crippen LogP contribution in [0.4, 0.5) is 0 Å². The predicted octanol–water partition coefficient (Wildman–Crippen LogP) is 13.2. The molecule has 8 aromatic carbocycles. The average molecular weight is 717 g/mol. The van der Waals surface area contributed by atoms with E-state index in [2.05, 4.69) is 168 Å². The Bertz CT molecular complexity index is 3140. The molecule has 0 atom stereocenters. The lowest BCUT2D eigenvalue weighted by atomic mass is 10.0. The molecule has 0 saturated carbocycles. The lowest BCUT2D eigenvalue weighted by molar-refractivity contribution is 0.671. The molecule has 0 spiro atoms. The fourth-order valence-corrected chi connectivity index (χ4v) is 8.05. The summed E-state index contributed by atoms with van der Waals surface area (Å²) in [7, 11) is 0. The molecule has 0 amide bonds. The molecule has 56 heavy (non-hydrogen) atoms. The van der Waals surface area contributed by atoms with E-state index in [0.717, 1.165) is 83.0 Å². The summed E-state index contributed by atoms with van der Waals surface area (Å²) in [6.07, 6.45) is 0. The summed E-state index contributed by atoms with van der Waals surface area (Å²) in [4.78, 5) is 15.6. The van der Waals surface area contributed by atoms with Crippen molar-refractivity contribution in [3.63, 3.8) is 0 Å². The first-order chi connectivity index (χ1) is 27.8. The first-order valence-corrected chi connectivity index (χ1v) is 18.8. The summed E-state index contributed by atoms with van der Waals surface area (Å²) in [5.74, 6) is 1.78. The van der Waals surface area contributed by atoms with E-state index in [1.54, 1.807) is 0 Å². The lowest BCUT2D eigenvalue weighted by Crippen LogP contribution is -2.00. The molecule has 0 aliphatic heterocycles. The lowest BCUT2D eigenvalue weighted by Gasteiger charge is -2.11. The van der Waals surface area contributed by atoms with Gasteiger partial charge in [0.2, 0.25) is 0 Å². The van der Waals surface area contributed by atoms with Crippen LogP contribution in [0.1, 0.15) is 0 Å². The zero-order valence-corrected chi connectivity index (χ0v) is 30.2. The SMILES string of the molecule is c1ccc(-c2cccc(-c3nc(-c4cccc(-c5ccccc5)c4)nc(-c4cccc5oc6c(ccc7c8ccccc8n(-c8ccccc8)c76)c45)n3)c2)cc1. The molecule has 11 rings (SSSR count). The maximum atomic E-state index is 6.89. The molecule has 0 radical (unpaired) electrons. The Balaban J connectivity index is 1.16. The Morgan fingerprint density at radius 3 is 1.55 bits per heavy atom. The number of aromatic nitrogens is 4. The monoisotopic (exact) mass is 716 g/mol. The van der Waals surface area contributed by atoms with Crippen LogP contribution in [0.3, 0.4) is 0 Å². The standard InChI is InChI=1S/C51H32N4O/c1-4-15-33(16-5-1)35-19-12-21-37(31-35)49-52-50(38-22-13-20-36(32-38)34-17-6-2-7-18-34)54-51(53-49)43-26-14-28-45-46(43)42-30-29-41-40-25-10-11-27-44(40)55(47(41)48(42)56-45)39-23-8-3-9-24-39/h1-32H. The van der Waals surface area contributed by atoms with Gasteiger partial charge in [-0.1, -0.05) is 152 Å². The molecular weight excluding hydrogens is 685 g/mol. The van der Waals surface area contributed by atoms with Crippen molar-refractivity contribution in [3.8, 4) is 62.1 Å². The smallest absolute Gasteiger partial charge is 0.164 e. The van der Waals surface area contributed by atoms with E-state index in [1.165, 1.54) is 5.39 Å². The van der Waals surface area contributed by atoms with Crippen molar-refractivity contribution in [2.45, 2.75) is 0 Å². The summed E-state index contributed by atoms with van der Waals surface area (Å²) in [5.41, 5.74) is 12.0. The molecule has 262 valence electrons. The molecule has 0 N–H and O–H groups in total. The first-order valence-electron chi connectivity index (χ1n) is 18.8. The van der Waals surface area contributed by atoms with Crippen molar-refractivity contribution in [3.05, 3.63) is 194 Å². The van der Waals surface area contributed by atoms with Crippen molar-refractivity contribution in [2.75, 3.05) is 0 Å². The van der Waals surface area contributed by atoms with Crippen LogP contribution in [0.5, 0.6) is 0 Å². The number of rotatable bonds is 6. The van der Waals surface area contributed by atoms with Gasteiger partial charge in [0.15, 0.2) is 23.1 Å². The number of fused-ring (bicyclic) bond motifs is 7. The number of nitrogens with zero attached hydrogens (tertiary/aromatic N) is 4. The normalized spacial score (nSPS) is 11.6. The maximum Gasteiger partial charge on any atom is 0.164 e. The van der Waals surface area contributed by atoms with Gasteiger partial charge >= 0.3 is 0 Å². The molecule has 3 heterocycles. The second kappa shape index (κ2) is 13.0. The van der Waals surface area contributed by atoms with E-state index in [4.69, 9.17) is 19.4 Å². The van der Waals surface area contributed by atoms with Gasteiger partial charge in [-0.2, -0.15) is 0 Å². The van der Waals surface area contributed by atoms with Crippen LogP contribution in [-0.2, 0) is 0 Å². The number of hydrogen-bond donors (Lipinski definition) is 0. The van der Waals surface area contributed by atoms with Crippen LogP contribution >= 0.6 is 0 Å². The highest BCUT2D eigenvalue weighted by Crippen LogP contribution is 2.43. The summed E-state index contributed by atoms with van der Waals surface area (Å²) in [6.45, 7) is 0. The minimum Gasteiger partial charge on any atom is -0.454 e. The van der Waals surface area contributed by atoms with Crippen molar-refractivity contribution < 1.29 is 4.42 Å². The minimum atomic E-state index is 0.581. The molecule has 0 aliphatic carbocycles. The van der Waals surface area contributed by atoms with Gasteiger partial charge < -0.3 is 8.98 Å². The molecule has 3 aromatic heterocycles. The van der Waals surface area contributed by atoms with Crippen LogP contribution in [0.2, 0.25) is 0 Å². The van der Waals surface area contributed by atoms with E-state index in [9.17, 15) is 0 Å². The molecule has 11 aromatic rings. The third kappa shape index (κ3) is 5.29. The van der Waals surface area contributed by atoms with Gasteiger partial charge in [-0.15, -0.1) is 0 Å². The number of furan rings is 1. The van der Waals surface area contributed by atoms with Crippen LogP contribution in [0.15, 0.2) is 199 Å². The molecular formula is C51H32N4O. The van der Waals surface area contributed by atoms with Gasteiger partial charge in [0.1, 0.15) is 5.58 Å². The number of benzene rings is 8. The van der Waals surface area contributed by atoms with Crippen LogP contribution < -0.4 is 0 Å². The van der Waals surface area contributed by atoms with Crippen LogP contribution in [-0.4, -0.2) is 19.5 Å². The van der Waals surface area contributed by atoms with E-state index >= 15 is 0 Å². The molecule has 0 unspecified atom stereocenters. The van der Waals surface area contributed by atoms with Gasteiger partial charge in [-0.3, -0.25) is 0 Å². The van der Waals surface area contributed by atoms with Gasteiger partial charge in [0.25, 0.3) is 0 Å². The van der Waals surface area contributed by atoms with Crippen molar-refractivity contribution in [1.82, 2.24) is 19.5 Å². The van der Waals surface area contributed by atoms with E-state index in [1.807, 2.05) is 30.3 Å². The summed E-state index contributed by atoms with van der Waals surface area (Å²) >= 11 is 0. The summed E-state index contributed by atoms with van der Waals surface area (Å²) < 4.78 is 9.20. The van der Waals surface area contributed by atoms with E-state index < -0.39 is 0 Å². The summed E-state index contributed by atoms with van der Waals surface area (Å²) in [5, 5.41) is 4.28. The first kappa shape index (κ1) is 31.9. The Kier molecular flexibility index (Phi) is 7.42. The Morgan fingerprint density at radius 2 is 0.893 bits per heavy atom. The largest absolute Gasteiger partial charge is 0.454 e. The highest BCUT2D eigenvalue weighted by molar-refractivity contribution is 6.23. The van der Waals surface area contributed by atoms with E-state index in [-0.39, 0.29) is 0 Å². The third-order valence-corrected chi connectivity index (χ3v) is 10.6. The Morgan fingerprint density at radius 1 is 0.375 bits per heavy atom. The van der Waals surface area contributed by atoms with Crippen LogP contribution in [0, 0.1) is 0 Å². The fraction of sp³-hybridized carbons (Fsp3) is 0. The molecule has 0 saturated heterocycles. The highest BCUT2D eigenvalue weighted by Gasteiger charge is 2.22. The maximum absolute atomic E-state index is 6.89. The number of para-hydroxylation sites is 2. The molecule has 0 bridgehead atoms. The quantitative estimate of drug-likeness (QED) is 0.172. The van der Waals surface area contributed by atoms with Gasteiger partial charge in [-0.05, 0) is 64.7 Å². The van der Waals surface area contributed by atoms with Gasteiger partial charge in [-0.25, -0.2) is 15.0 Å². The molecule has 0 fully saturated rings. The summed E-state index contributed by atoms with van der Waals surface area (Å²) in [6, 6.07) is 67.3. The Hall–Kier alpha value is -7.63. The zero-order valence-electron chi connectivity index (χ0n) is 30.2. The average Bonchev–Trinajstić information content (AvgIpc) is 3.84. The van der Waals surface area contributed by atoms with Crippen molar-refractivity contribution in [1.29, 1.82) is 0 Å². The predicted molar refractivity (Wildman–Crippen MR) is 229 cm³/mol. The van der Waals surface area contributed by atoms with E-state index in [0.29, 0.717) is 17.5 Å². The molecule has 0 aliphatic rings. The van der Waals surface area contributed by atoms with Crippen molar-refractivity contribution in [2.24, 2.45) is 0 Å². The van der Waals surface area contributed by atoms with Crippen LogP contribution in [0.25, 0.3) is 106 Å². The van der Waals surface area contributed by atoms with Gasteiger partial charge in [0.05, 0.1) is 11.0 Å². The van der Waals surface area contributed by atoms with Gasteiger partial charge in [0, 0.05) is 43.9 Å². The molecule has 5 nitrogen and oxygen atoms in total. The topological polar surface area (TPSA) is 56.7 Å². The third-order valence-electron chi connectivity index (χ3n) is 10.6. The second-order valence-electron chi connectivity index (χ2n) is 14.0. The fourth-order valence-electron chi connectivity index (χ4n) is 8.05. The zero-order chi connectivity index (χ0) is 37.0.